The van der Waals surface area contributed by atoms with Gasteiger partial charge in [-0.25, -0.2) is 4.39 Å². The van der Waals surface area contributed by atoms with Crippen LogP contribution in [0.2, 0.25) is 0 Å². The lowest BCUT2D eigenvalue weighted by Gasteiger charge is -1.61. The van der Waals surface area contributed by atoms with Crippen molar-refractivity contribution in [2.45, 2.75) is 24.9 Å². The number of alkyl halides is 2. The maximum absolute atomic E-state index is 11.4. The van der Waals surface area contributed by atoms with Crippen LogP contribution in [0, 0.1) is 0 Å². The van der Waals surface area contributed by atoms with Gasteiger partial charge in [-0.1, -0.05) is 0 Å². The molecule has 2 nitrogen and oxygen atoms in total. The molecule has 9 heavy (non-hydrogen) atoms. The van der Waals surface area contributed by atoms with Crippen LogP contribution in [0.15, 0.2) is 0 Å². The van der Waals surface area contributed by atoms with Crippen molar-refractivity contribution in [2.24, 2.45) is 0 Å². The van der Waals surface area contributed by atoms with Crippen molar-refractivity contribution in [3.8, 4) is 0 Å². The van der Waals surface area contributed by atoms with E-state index in [0.29, 0.717) is 6.42 Å². The summed E-state index contributed by atoms with van der Waals surface area (Å²) in [6, 6.07) is 0. The molecule has 1 saturated carbocycles. The Morgan fingerprint density at radius 2 is 2.00 bits per heavy atom. The molecule has 0 radical (unpaired) electrons. The van der Waals surface area contributed by atoms with Gasteiger partial charge in [0.2, 0.25) is 0 Å². The summed E-state index contributed by atoms with van der Waals surface area (Å²) in [5.41, 5.74) is 0. The summed E-state index contributed by atoms with van der Waals surface area (Å²) in [4.78, 5) is 9.00. The summed E-state index contributed by atoms with van der Waals surface area (Å²) >= 11 is 5.16. The second-order valence-corrected chi connectivity index (χ2v) is 2.35. The number of hydrogen-bond acceptors (Lipinski definition) is 1. The highest BCUT2D eigenvalue weighted by Gasteiger charge is 2.34. The van der Waals surface area contributed by atoms with E-state index in [9.17, 15) is 4.39 Å². The number of rotatable bonds is 0. The van der Waals surface area contributed by atoms with E-state index in [0.717, 1.165) is 6.92 Å². The van der Waals surface area contributed by atoms with Crippen molar-refractivity contribution in [2.75, 3.05) is 0 Å². The van der Waals surface area contributed by atoms with Crippen molar-refractivity contribution >= 4 is 17.6 Å². The molecular weight excluding hydrogens is 147 g/mol. The minimum atomic E-state index is -0.833. The fourth-order valence-electron chi connectivity index (χ4n) is 0.137. The monoisotopic (exact) mass is 154 g/mol. The minimum absolute atomic E-state index is 0.144. The Labute approximate surface area is 57.6 Å². The van der Waals surface area contributed by atoms with Crippen LogP contribution < -0.4 is 0 Å². The SMILES string of the molecule is CC(=O)O.FC1CC1Cl. The zero-order chi connectivity index (χ0) is 7.44. The topological polar surface area (TPSA) is 37.3 Å². The van der Waals surface area contributed by atoms with Crippen molar-refractivity contribution < 1.29 is 14.3 Å². The number of carboxylic acids is 1. The van der Waals surface area contributed by atoms with Gasteiger partial charge >= 0.3 is 0 Å². The molecule has 0 bridgehead atoms. The van der Waals surface area contributed by atoms with E-state index < -0.39 is 12.1 Å². The van der Waals surface area contributed by atoms with E-state index in [-0.39, 0.29) is 5.38 Å². The van der Waals surface area contributed by atoms with E-state index in [2.05, 4.69) is 0 Å². The highest BCUT2D eigenvalue weighted by atomic mass is 35.5. The van der Waals surface area contributed by atoms with Crippen LogP contribution in [0.5, 0.6) is 0 Å². The van der Waals surface area contributed by atoms with E-state index in [1.165, 1.54) is 0 Å². The molecule has 1 rings (SSSR count). The Kier molecular flexibility index (Phi) is 3.54. The van der Waals surface area contributed by atoms with Crippen LogP contribution in [-0.2, 0) is 4.79 Å². The lowest BCUT2D eigenvalue weighted by Crippen LogP contribution is -1.78. The molecule has 1 aliphatic carbocycles. The van der Waals surface area contributed by atoms with Crippen LogP contribution in [0.1, 0.15) is 13.3 Å². The molecular formula is C5H8ClFO2. The first-order valence-electron chi connectivity index (χ1n) is 2.51. The molecule has 2 atom stereocenters. The molecule has 1 aliphatic rings. The zero-order valence-corrected chi connectivity index (χ0v) is 5.73. The first-order valence-corrected chi connectivity index (χ1v) is 2.95. The number of aliphatic carboxylic acids is 1. The first-order chi connectivity index (χ1) is 4.04. The molecule has 4 heteroatoms. The fraction of sp³-hybridized carbons (Fsp3) is 0.800. The largest absolute Gasteiger partial charge is 0.481 e. The van der Waals surface area contributed by atoms with Crippen LogP contribution in [0.4, 0.5) is 4.39 Å². The molecule has 54 valence electrons. The van der Waals surface area contributed by atoms with E-state index in [1.54, 1.807) is 0 Å². The molecule has 0 amide bonds. The van der Waals surface area contributed by atoms with Gasteiger partial charge in [0.25, 0.3) is 5.97 Å². The quantitative estimate of drug-likeness (QED) is 0.536. The summed E-state index contributed by atoms with van der Waals surface area (Å²) in [6.45, 7) is 1.08. The van der Waals surface area contributed by atoms with Crippen LogP contribution in [0.25, 0.3) is 0 Å². The normalized spacial score (nSPS) is 30.1. The smallest absolute Gasteiger partial charge is 0.300 e. The first kappa shape index (κ1) is 8.69. The van der Waals surface area contributed by atoms with E-state index >= 15 is 0 Å². The number of carboxylic acid groups (broad SMARTS) is 1. The second kappa shape index (κ2) is 3.67. The predicted octanol–water partition coefficient (Wildman–Crippen LogP) is 1.43. The average molecular weight is 155 g/mol. The van der Waals surface area contributed by atoms with Gasteiger partial charge in [0.15, 0.2) is 0 Å². The number of halogens is 2. The molecule has 0 spiro atoms. The standard InChI is InChI=1S/C3H4ClF.C2H4O2/c4-2-1-3(2)5;1-2(3)4/h2-3H,1H2;1H3,(H,3,4). The summed E-state index contributed by atoms with van der Waals surface area (Å²) in [5, 5.41) is 7.27. The Morgan fingerprint density at radius 3 is 2.00 bits per heavy atom. The third kappa shape index (κ3) is 7.69. The Morgan fingerprint density at radius 1 is 1.89 bits per heavy atom. The van der Waals surface area contributed by atoms with E-state index in [1.807, 2.05) is 0 Å². The number of carbonyl (C=O) groups is 1. The molecule has 0 aromatic rings. The van der Waals surface area contributed by atoms with Gasteiger partial charge in [-0.05, 0) is 6.42 Å². The summed E-state index contributed by atoms with van der Waals surface area (Å²) in [5.74, 6) is -0.833. The lowest BCUT2D eigenvalue weighted by atomic mass is 10.9. The molecule has 0 aliphatic heterocycles. The molecule has 1 fully saturated rings. The van der Waals surface area contributed by atoms with Crippen molar-refractivity contribution in [3.05, 3.63) is 0 Å². The Balaban J connectivity index is 0.000000148. The van der Waals surface area contributed by atoms with Crippen LogP contribution >= 0.6 is 11.6 Å². The summed E-state index contributed by atoms with van der Waals surface area (Å²) < 4.78 is 11.4. The minimum Gasteiger partial charge on any atom is -0.481 e. The third-order valence-electron chi connectivity index (χ3n) is 0.640. The summed E-state index contributed by atoms with van der Waals surface area (Å²) in [7, 11) is 0. The molecule has 0 heterocycles. The van der Waals surface area contributed by atoms with Crippen molar-refractivity contribution in [1.82, 2.24) is 0 Å². The Bertz CT molecular complexity index is 97.1. The van der Waals surface area contributed by atoms with Gasteiger partial charge in [0.05, 0.1) is 5.38 Å². The van der Waals surface area contributed by atoms with Crippen LogP contribution in [0.3, 0.4) is 0 Å². The maximum Gasteiger partial charge on any atom is 0.300 e. The second-order valence-electron chi connectivity index (χ2n) is 1.79. The van der Waals surface area contributed by atoms with Gasteiger partial charge in [0.1, 0.15) is 6.17 Å². The van der Waals surface area contributed by atoms with Gasteiger partial charge in [-0.3, -0.25) is 4.79 Å². The predicted molar refractivity (Wildman–Crippen MR) is 32.5 cm³/mol. The van der Waals surface area contributed by atoms with Gasteiger partial charge < -0.3 is 5.11 Å². The Hall–Kier alpha value is -0.310. The lowest BCUT2D eigenvalue weighted by molar-refractivity contribution is -0.134. The molecule has 0 aromatic carbocycles. The highest BCUT2D eigenvalue weighted by molar-refractivity contribution is 6.22. The van der Waals surface area contributed by atoms with Gasteiger partial charge in [-0.15, -0.1) is 11.6 Å². The van der Waals surface area contributed by atoms with Gasteiger partial charge in [-0.2, -0.15) is 0 Å². The molecule has 1 N–H and O–H groups in total. The van der Waals surface area contributed by atoms with Crippen molar-refractivity contribution in [1.29, 1.82) is 0 Å². The fourth-order valence-corrected chi connectivity index (χ4v) is 0.307. The third-order valence-corrected chi connectivity index (χ3v) is 1.09. The molecule has 0 saturated heterocycles. The average Bonchev–Trinajstić information content (AvgIpc) is 2.16. The molecule has 0 aromatic heterocycles. The molecule has 2 unspecified atom stereocenters. The number of hydrogen-bond donors (Lipinski definition) is 1. The zero-order valence-electron chi connectivity index (χ0n) is 4.97. The van der Waals surface area contributed by atoms with E-state index in [4.69, 9.17) is 21.5 Å². The van der Waals surface area contributed by atoms with Gasteiger partial charge in [0, 0.05) is 6.92 Å². The van der Waals surface area contributed by atoms with Crippen LogP contribution in [-0.4, -0.2) is 22.6 Å². The maximum atomic E-state index is 11.4. The highest BCUT2D eigenvalue weighted by Crippen LogP contribution is 2.30. The van der Waals surface area contributed by atoms with Crippen molar-refractivity contribution in [3.63, 3.8) is 0 Å². The summed E-state index contributed by atoms with van der Waals surface area (Å²) in [6.07, 6.45) is -0.113.